The molecule has 0 aliphatic carbocycles. The largest absolute Gasteiger partial charge is 0.463 e. The smallest absolute Gasteiger partial charge is 0.316 e. The van der Waals surface area contributed by atoms with E-state index in [1.165, 1.54) is 19.3 Å². The van der Waals surface area contributed by atoms with E-state index in [-0.39, 0.29) is 0 Å². The summed E-state index contributed by atoms with van der Waals surface area (Å²) >= 11 is 0. The Morgan fingerprint density at radius 2 is 2.00 bits per heavy atom. The van der Waals surface area contributed by atoms with Crippen molar-refractivity contribution in [3.05, 3.63) is 30.5 Å². The van der Waals surface area contributed by atoms with Gasteiger partial charge in [-0.15, -0.1) is 0 Å². The number of para-hydroxylation sites is 1. The number of fused-ring (bicyclic) bond motifs is 1. The number of nitrogens with zero attached hydrogens (tertiary/aromatic N) is 2. The average Bonchev–Trinajstić information content (AvgIpc) is 2.38. The second-order valence-corrected chi connectivity index (χ2v) is 4.12. The summed E-state index contributed by atoms with van der Waals surface area (Å²) in [5.41, 5.74) is 0.936. The highest BCUT2D eigenvalue weighted by atomic mass is 16.5. The van der Waals surface area contributed by atoms with Crippen LogP contribution in [0.25, 0.3) is 10.9 Å². The van der Waals surface area contributed by atoms with Gasteiger partial charge in [0.05, 0.1) is 12.1 Å². The minimum absolute atomic E-state index is 0.486. The summed E-state index contributed by atoms with van der Waals surface area (Å²) in [4.78, 5) is 8.55. The van der Waals surface area contributed by atoms with Crippen molar-refractivity contribution >= 4 is 10.9 Å². The number of aromatic nitrogens is 2. The number of hydrogen-bond acceptors (Lipinski definition) is 3. The minimum atomic E-state index is 0.486. The fourth-order valence-electron chi connectivity index (χ4n) is 1.72. The standard InChI is InChI=1S/C14H18N2O/c1-2-3-4-7-10-17-14-15-11-12-8-5-6-9-13(12)16-14/h5-6,8-9,11H,2-4,7,10H2,1H3. The molecule has 1 heterocycles. The fraction of sp³-hybridized carbons (Fsp3) is 0.429. The highest BCUT2D eigenvalue weighted by Crippen LogP contribution is 2.13. The van der Waals surface area contributed by atoms with Crippen molar-refractivity contribution in [3.8, 4) is 6.01 Å². The maximum absolute atomic E-state index is 5.54. The summed E-state index contributed by atoms with van der Waals surface area (Å²) in [6, 6.07) is 8.42. The lowest BCUT2D eigenvalue weighted by Gasteiger charge is -2.04. The molecule has 0 fully saturated rings. The van der Waals surface area contributed by atoms with Gasteiger partial charge < -0.3 is 4.74 Å². The first-order valence-electron chi connectivity index (χ1n) is 6.24. The van der Waals surface area contributed by atoms with Gasteiger partial charge in [0.2, 0.25) is 0 Å². The first-order chi connectivity index (χ1) is 8.40. The van der Waals surface area contributed by atoms with Gasteiger partial charge in [-0.2, -0.15) is 4.98 Å². The highest BCUT2D eigenvalue weighted by molar-refractivity contribution is 5.77. The number of benzene rings is 1. The molecular formula is C14H18N2O. The van der Waals surface area contributed by atoms with Gasteiger partial charge in [0.15, 0.2) is 0 Å². The zero-order valence-corrected chi connectivity index (χ0v) is 10.2. The molecule has 0 bridgehead atoms. The maximum Gasteiger partial charge on any atom is 0.316 e. The van der Waals surface area contributed by atoms with Crippen LogP contribution in [0.3, 0.4) is 0 Å². The van der Waals surface area contributed by atoms with Crippen LogP contribution in [0, 0.1) is 0 Å². The zero-order valence-electron chi connectivity index (χ0n) is 10.2. The molecule has 3 nitrogen and oxygen atoms in total. The van der Waals surface area contributed by atoms with Gasteiger partial charge in [0.25, 0.3) is 0 Å². The maximum atomic E-state index is 5.54. The minimum Gasteiger partial charge on any atom is -0.463 e. The number of ether oxygens (including phenoxy) is 1. The summed E-state index contributed by atoms with van der Waals surface area (Å²) in [7, 11) is 0. The Morgan fingerprint density at radius 1 is 1.12 bits per heavy atom. The van der Waals surface area contributed by atoms with Crippen molar-refractivity contribution in [2.75, 3.05) is 6.61 Å². The van der Waals surface area contributed by atoms with E-state index in [4.69, 9.17) is 4.74 Å². The second kappa shape index (κ2) is 6.18. The predicted molar refractivity (Wildman–Crippen MR) is 69.2 cm³/mol. The Bertz CT molecular complexity index is 470. The fourth-order valence-corrected chi connectivity index (χ4v) is 1.72. The van der Waals surface area contributed by atoms with Crippen LogP contribution in [0.5, 0.6) is 6.01 Å². The predicted octanol–water partition coefficient (Wildman–Crippen LogP) is 3.59. The molecule has 0 radical (unpaired) electrons. The van der Waals surface area contributed by atoms with Crippen LogP contribution in [-0.2, 0) is 0 Å². The van der Waals surface area contributed by atoms with E-state index in [2.05, 4.69) is 16.9 Å². The molecule has 0 saturated carbocycles. The van der Waals surface area contributed by atoms with E-state index < -0.39 is 0 Å². The number of rotatable bonds is 6. The summed E-state index contributed by atoms with van der Waals surface area (Å²) in [6.07, 6.45) is 6.60. The SMILES string of the molecule is CCCCCCOc1ncc2ccccc2n1. The van der Waals surface area contributed by atoms with E-state index in [1.54, 1.807) is 0 Å². The van der Waals surface area contributed by atoms with Crippen LogP contribution >= 0.6 is 0 Å². The monoisotopic (exact) mass is 230 g/mol. The van der Waals surface area contributed by atoms with Crippen LogP contribution in [0.2, 0.25) is 0 Å². The van der Waals surface area contributed by atoms with Crippen molar-refractivity contribution in [2.24, 2.45) is 0 Å². The molecule has 0 unspecified atom stereocenters. The van der Waals surface area contributed by atoms with Crippen LogP contribution in [0.1, 0.15) is 32.6 Å². The Labute approximate surface area is 102 Å². The molecule has 0 aliphatic rings. The van der Waals surface area contributed by atoms with Crippen LogP contribution in [-0.4, -0.2) is 16.6 Å². The first kappa shape index (κ1) is 11.8. The molecule has 0 atom stereocenters. The van der Waals surface area contributed by atoms with Crippen LogP contribution in [0.15, 0.2) is 30.5 Å². The molecule has 1 aromatic carbocycles. The van der Waals surface area contributed by atoms with Crippen LogP contribution in [0.4, 0.5) is 0 Å². The van der Waals surface area contributed by atoms with E-state index >= 15 is 0 Å². The topological polar surface area (TPSA) is 35.0 Å². The third kappa shape index (κ3) is 3.41. The molecular weight excluding hydrogens is 212 g/mol. The second-order valence-electron chi connectivity index (χ2n) is 4.12. The molecule has 0 N–H and O–H groups in total. The summed E-state index contributed by atoms with van der Waals surface area (Å²) in [6.45, 7) is 2.91. The quantitative estimate of drug-likeness (QED) is 0.711. The lowest BCUT2D eigenvalue weighted by Crippen LogP contribution is -2.01. The molecule has 2 aromatic rings. The highest BCUT2D eigenvalue weighted by Gasteiger charge is 1.99. The molecule has 1 aromatic heterocycles. The van der Waals surface area contributed by atoms with E-state index in [1.807, 2.05) is 30.5 Å². The Morgan fingerprint density at radius 3 is 2.88 bits per heavy atom. The molecule has 0 saturated heterocycles. The molecule has 2 rings (SSSR count). The first-order valence-corrected chi connectivity index (χ1v) is 6.24. The average molecular weight is 230 g/mol. The number of unbranched alkanes of at least 4 members (excludes halogenated alkanes) is 3. The molecule has 17 heavy (non-hydrogen) atoms. The Kier molecular flexibility index (Phi) is 4.30. The van der Waals surface area contributed by atoms with Crippen molar-refractivity contribution in [2.45, 2.75) is 32.6 Å². The van der Waals surface area contributed by atoms with Crippen molar-refractivity contribution in [1.82, 2.24) is 9.97 Å². The number of hydrogen-bond donors (Lipinski definition) is 0. The van der Waals surface area contributed by atoms with Gasteiger partial charge in [-0.25, -0.2) is 4.98 Å². The molecule has 0 amide bonds. The van der Waals surface area contributed by atoms with Gasteiger partial charge in [-0.05, 0) is 12.5 Å². The molecule has 90 valence electrons. The van der Waals surface area contributed by atoms with E-state index in [0.717, 1.165) is 17.3 Å². The summed E-state index contributed by atoms with van der Waals surface area (Å²) in [5.74, 6) is 0. The van der Waals surface area contributed by atoms with Crippen molar-refractivity contribution in [3.63, 3.8) is 0 Å². The summed E-state index contributed by atoms with van der Waals surface area (Å²) < 4.78 is 5.54. The van der Waals surface area contributed by atoms with Gasteiger partial charge in [0, 0.05) is 11.6 Å². The molecule has 0 aliphatic heterocycles. The van der Waals surface area contributed by atoms with Crippen molar-refractivity contribution < 1.29 is 4.74 Å². The summed E-state index contributed by atoms with van der Waals surface area (Å²) in [5, 5.41) is 1.05. The zero-order chi connectivity index (χ0) is 11.9. The van der Waals surface area contributed by atoms with E-state index in [9.17, 15) is 0 Å². The molecule has 0 spiro atoms. The third-order valence-electron chi connectivity index (χ3n) is 2.70. The lowest BCUT2D eigenvalue weighted by atomic mass is 10.2. The third-order valence-corrected chi connectivity index (χ3v) is 2.70. The Hall–Kier alpha value is -1.64. The van der Waals surface area contributed by atoms with E-state index in [0.29, 0.717) is 12.6 Å². The molecule has 3 heteroatoms. The Balaban J connectivity index is 1.90. The van der Waals surface area contributed by atoms with Crippen LogP contribution < -0.4 is 4.74 Å². The van der Waals surface area contributed by atoms with Gasteiger partial charge in [-0.1, -0.05) is 44.4 Å². The van der Waals surface area contributed by atoms with Gasteiger partial charge >= 0.3 is 6.01 Å². The van der Waals surface area contributed by atoms with Gasteiger partial charge in [0.1, 0.15) is 0 Å². The van der Waals surface area contributed by atoms with Crippen molar-refractivity contribution in [1.29, 1.82) is 0 Å². The normalized spacial score (nSPS) is 10.6. The lowest BCUT2D eigenvalue weighted by molar-refractivity contribution is 0.283. The van der Waals surface area contributed by atoms with Gasteiger partial charge in [-0.3, -0.25) is 0 Å².